The molecule has 2 amide bonds. The number of aromatic nitrogens is 3. The molecule has 63 heavy (non-hydrogen) atoms. The number of benzene rings is 2. The molecule has 11 nitrogen and oxygen atoms in total. The second-order valence-electron chi connectivity index (χ2n) is 19.0. The molecule has 0 radical (unpaired) electrons. The molecule has 2 aliphatic heterocycles. The van der Waals surface area contributed by atoms with Crippen molar-refractivity contribution in [2.45, 2.75) is 146 Å². The van der Waals surface area contributed by atoms with Gasteiger partial charge < -0.3 is 9.64 Å². The molecule has 14 heteroatoms. The summed E-state index contributed by atoms with van der Waals surface area (Å²) in [7, 11) is -3.41. The zero-order valence-corrected chi connectivity index (χ0v) is 38.7. The minimum absolute atomic E-state index is 0.00150. The highest BCUT2D eigenvalue weighted by Crippen LogP contribution is 2.58. The number of imidazole rings is 1. The molecule has 4 heterocycles. The van der Waals surface area contributed by atoms with Crippen molar-refractivity contribution in [1.82, 2.24) is 24.2 Å². The fourth-order valence-electron chi connectivity index (χ4n) is 10.1. The Morgan fingerprint density at radius 1 is 0.984 bits per heavy atom. The molecule has 338 valence electrons. The van der Waals surface area contributed by atoms with Gasteiger partial charge in [0.2, 0.25) is 21.8 Å². The van der Waals surface area contributed by atoms with Crippen LogP contribution < -0.4 is 9.46 Å². The van der Waals surface area contributed by atoms with Crippen molar-refractivity contribution in [2.75, 3.05) is 13.7 Å². The van der Waals surface area contributed by atoms with Gasteiger partial charge in [0.25, 0.3) is 6.01 Å². The third-order valence-electron chi connectivity index (χ3n) is 14.3. The summed E-state index contributed by atoms with van der Waals surface area (Å²) in [5, 5.41) is 3.13. The van der Waals surface area contributed by atoms with Gasteiger partial charge in [-0.15, -0.1) is 11.3 Å². The topological polar surface area (TPSA) is 141 Å². The first-order valence-corrected chi connectivity index (χ1v) is 25.3. The molecule has 0 spiro atoms. The average Bonchev–Trinajstić information content (AvgIpc) is 3.75. The average molecular weight is 900 g/mol. The summed E-state index contributed by atoms with van der Waals surface area (Å²) < 4.78 is 46.5. The number of ether oxygens (including phenoxy) is 1. The van der Waals surface area contributed by atoms with E-state index in [9.17, 15) is 27.2 Å². The zero-order valence-electron chi connectivity index (χ0n) is 37.1. The minimum Gasteiger partial charge on any atom is -0.459 e. The van der Waals surface area contributed by atoms with Crippen molar-refractivity contribution in [3.05, 3.63) is 77.3 Å². The quantitative estimate of drug-likeness (QED) is 0.155. The molecule has 3 saturated carbocycles. The fourth-order valence-corrected chi connectivity index (χ4v) is 12.4. The SMILES string of the molecule is CC(C)n1c(O[C@@H]2C[C@H]3C(=O)C[C@]4(C(=O)NS(=O)(=O)C5(C)CC5)C[C@H]4/C=C\CCCCC[C@H](Cc4ccccc4)C(=O)N3C2)nc2c(-c3nc(C4CCCC4)cs3)cccc21.CF. The number of allylic oxidation sites excluding steroid dienone is 2. The third kappa shape index (κ3) is 9.26. The number of nitrogens with zero attached hydrogens (tertiary/aromatic N) is 4. The third-order valence-corrected chi connectivity index (χ3v) is 17.3. The summed E-state index contributed by atoms with van der Waals surface area (Å²) in [5.41, 5.74) is 3.72. The number of alkyl halides is 1. The lowest BCUT2D eigenvalue weighted by Crippen LogP contribution is -2.47. The number of fused-ring (bicyclic) bond motifs is 3. The molecule has 5 atom stereocenters. The predicted molar refractivity (Wildman–Crippen MR) is 245 cm³/mol. The van der Waals surface area contributed by atoms with E-state index in [0.717, 1.165) is 58.5 Å². The van der Waals surface area contributed by atoms with Crippen molar-refractivity contribution < 1.29 is 31.9 Å². The minimum atomic E-state index is -3.91. The van der Waals surface area contributed by atoms with E-state index in [1.807, 2.05) is 42.5 Å². The normalized spacial score (nSPS) is 26.9. The maximum atomic E-state index is 15.0. The summed E-state index contributed by atoms with van der Waals surface area (Å²) in [6.45, 7) is 6.04. The Morgan fingerprint density at radius 2 is 1.73 bits per heavy atom. The van der Waals surface area contributed by atoms with E-state index in [-0.39, 0.29) is 49.0 Å². The van der Waals surface area contributed by atoms with Gasteiger partial charge in [0.1, 0.15) is 16.6 Å². The van der Waals surface area contributed by atoms with Crippen LogP contribution in [0.1, 0.15) is 134 Å². The van der Waals surface area contributed by atoms with Gasteiger partial charge in [-0.3, -0.25) is 28.1 Å². The lowest BCUT2D eigenvalue weighted by atomic mass is 9.90. The largest absolute Gasteiger partial charge is 0.459 e. The summed E-state index contributed by atoms with van der Waals surface area (Å²) in [6, 6.07) is 15.8. The van der Waals surface area contributed by atoms with Crippen molar-refractivity contribution in [2.24, 2.45) is 17.3 Å². The van der Waals surface area contributed by atoms with E-state index in [1.165, 1.54) is 25.7 Å². The van der Waals surface area contributed by atoms with Gasteiger partial charge in [-0.05, 0) is 102 Å². The van der Waals surface area contributed by atoms with Crippen LogP contribution in [0.3, 0.4) is 0 Å². The van der Waals surface area contributed by atoms with Crippen molar-refractivity contribution in [3.63, 3.8) is 0 Å². The molecule has 1 saturated heterocycles. The van der Waals surface area contributed by atoms with Crippen LogP contribution >= 0.6 is 11.3 Å². The van der Waals surface area contributed by atoms with Crippen molar-refractivity contribution >= 4 is 50.0 Å². The van der Waals surface area contributed by atoms with E-state index in [1.54, 1.807) is 23.2 Å². The number of nitrogens with one attached hydrogen (secondary N) is 1. The van der Waals surface area contributed by atoms with Gasteiger partial charge in [0.15, 0.2) is 5.78 Å². The first-order valence-electron chi connectivity index (χ1n) is 23.0. The van der Waals surface area contributed by atoms with E-state index >= 15 is 0 Å². The zero-order chi connectivity index (χ0) is 44.5. The molecule has 4 fully saturated rings. The molecule has 3 aliphatic carbocycles. The predicted octanol–water partition coefficient (Wildman–Crippen LogP) is 9.68. The number of para-hydroxylation sites is 1. The number of carbonyl (C=O) groups excluding carboxylic acids is 3. The number of carbonyl (C=O) groups is 3. The first-order chi connectivity index (χ1) is 30.4. The Kier molecular flexibility index (Phi) is 13.3. The van der Waals surface area contributed by atoms with Gasteiger partial charge in [-0.1, -0.05) is 74.2 Å². The summed E-state index contributed by atoms with van der Waals surface area (Å²) in [5.74, 6) is -1.04. The highest BCUT2D eigenvalue weighted by atomic mass is 32.2. The summed E-state index contributed by atoms with van der Waals surface area (Å²) in [4.78, 5) is 55.9. The monoisotopic (exact) mass is 899 g/mol. The van der Waals surface area contributed by atoms with Crippen LogP contribution in [0.5, 0.6) is 6.01 Å². The van der Waals surface area contributed by atoms with E-state index in [0.29, 0.717) is 51.2 Å². The highest BCUT2D eigenvalue weighted by Gasteiger charge is 2.62. The van der Waals surface area contributed by atoms with Gasteiger partial charge in [0, 0.05) is 41.7 Å². The second kappa shape index (κ2) is 18.6. The number of ketones is 1. The first kappa shape index (κ1) is 45.1. The number of sulfonamides is 1. The standard InChI is InChI=1S/C48H59N5O6S2.CH3F/c1-31(2)53-39-22-14-21-37(43-49-38(30-60-43)33-17-12-13-18-33)42(39)50-46(53)59-36-26-40-41(54)28-48(45(56)51-61(57,58)47(3)23-24-47)27-35(48)20-11-6-4-5-10-19-34(44(55)52(40)29-36)25-32-15-8-7-9-16-32;1-2/h7-9,11,14-16,20-22,30-31,33-36,40H,4-6,10,12-13,17-19,23-29H2,1-3H3,(H,51,56);1H3/b20-11-;/t34-,35-,36-,40+,48-;/m1./s1. The Hall–Kier alpha value is -4.43. The molecule has 0 bridgehead atoms. The lowest BCUT2D eigenvalue weighted by Gasteiger charge is -2.29. The number of Topliss-reactive ketones (excluding diaryl/α,β-unsaturated/α-hetero) is 1. The molecule has 0 unspecified atom stereocenters. The maximum Gasteiger partial charge on any atom is 0.297 e. The van der Waals surface area contributed by atoms with Crippen LogP contribution in [-0.4, -0.2) is 76.1 Å². The van der Waals surface area contributed by atoms with Gasteiger partial charge >= 0.3 is 0 Å². The Balaban J connectivity index is 0.00000268. The van der Waals surface area contributed by atoms with E-state index in [4.69, 9.17) is 14.7 Å². The summed E-state index contributed by atoms with van der Waals surface area (Å²) in [6.07, 6.45) is 14.7. The number of halogens is 1. The Bertz CT molecular complexity index is 2440. The number of hydrogen-bond donors (Lipinski definition) is 1. The smallest absolute Gasteiger partial charge is 0.297 e. The molecule has 9 rings (SSSR count). The lowest BCUT2D eigenvalue weighted by molar-refractivity contribution is -0.142. The van der Waals surface area contributed by atoms with Crippen LogP contribution in [-0.2, 0) is 30.8 Å². The number of rotatable bonds is 10. The van der Waals surface area contributed by atoms with Crippen LogP contribution in [0.4, 0.5) is 4.39 Å². The Labute approximate surface area is 375 Å². The highest BCUT2D eigenvalue weighted by molar-refractivity contribution is 7.91. The summed E-state index contributed by atoms with van der Waals surface area (Å²) >= 11 is 1.65. The van der Waals surface area contributed by atoms with Crippen LogP contribution in [0.25, 0.3) is 21.6 Å². The molecular formula is C49H62FN5O6S2. The van der Waals surface area contributed by atoms with Gasteiger partial charge in [0.05, 0.1) is 41.1 Å². The van der Waals surface area contributed by atoms with E-state index in [2.05, 4.69) is 46.7 Å². The number of hydrogen-bond acceptors (Lipinski definition) is 9. The van der Waals surface area contributed by atoms with Crippen molar-refractivity contribution in [3.8, 4) is 16.6 Å². The molecule has 5 aliphatic rings. The molecule has 1 N–H and O–H groups in total. The molecule has 2 aromatic carbocycles. The number of thiazole rings is 1. The number of amides is 2. The maximum absolute atomic E-state index is 15.0. The molecule has 2 aromatic heterocycles. The van der Waals surface area contributed by atoms with Gasteiger partial charge in [-0.25, -0.2) is 13.4 Å². The van der Waals surface area contributed by atoms with E-state index < -0.39 is 38.2 Å². The second-order valence-corrected chi connectivity index (χ2v) is 22.1. The fraction of sp³-hybridized carbons (Fsp3) is 0.571. The molecular weight excluding hydrogens is 838 g/mol. The van der Waals surface area contributed by atoms with Crippen LogP contribution in [0, 0.1) is 17.3 Å². The van der Waals surface area contributed by atoms with Gasteiger partial charge in [-0.2, -0.15) is 4.98 Å². The van der Waals surface area contributed by atoms with Crippen LogP contribution in [0.15, 0.2) is 66.1 Å². The van der Waals surface area contributed by atoms with Crippen molar-refractivity contribution in [1.29, 1.82) is 0 Å². The Morgan fingerprint density at radius 3 is 2.46 bits per heavy atom. The van der Waals surface area contributed by atoms with Crippen LogP contribution in [0.2, 0.25) is 0 Å². The molecule has 4 aromatic rings.